The van der Waals surface area contributed by atoms with Gasteiger partial charge in [-0.25, -0.2) is 4.98 Å². The van der Waals surface area contributed by atoms with Gasteiger partial charge in [-0.05, 0) is 30.5 Å². The summed E-state index contributed by atoms with van der Waals surface area (Å²) in [6.07, 6.45) is 4.18. The number of hydrogen-bond donors (Lipinski definition) is 1. The van der Waals surface area contributed by atoms with Gasteiger partial charge in [0.1, 0.15) is 16.9 Å². The van der Waals surface area contributed by atoms with Gasteiger partial charge in [0.05, 0.1) is 0 Å². The van der Waals surface area contributed by atoms with Gasteiger partial charge in [0.2, 0.25) is 0 Å². The van der Waals surface area contributed by atoms with Gasteiger partial charge >= 0.3 is 0 Å². The van der Waals surface area contributed by atoms with Crippen LogP contribution in [0.4, 0.5) is 5.82 Å². The molecular formula is C18H16N6S. The monoisotopic (exact) mass is 348 g/mol. The van der Waals surface area contributed by atoms with Crippen molar-refractivity contribution >= 4 is 22.8 Å². The van der Waals surface area contributed by atoms with Crippen molar-refractivity contribution < 1.29 is 0 Å². The molecule has 3 aromatic heterocycles. The molecule has 0 bridgehead atoms. The highest BCUT2D eigenvalue weighted by Crippen LogP contribution is 2.38. The van der Waals surface area contributed by atoms with Gasteiger partial charge in [-0.15, -0.1) is 26.6 Å². The maximum atomic E-state index is 4.73. The smallest absolute Gasteiger partial charge is 0.178 e. The quantitative estimate of drug-likeness (QED) is 0.596. The van der Waals surface area contributed by atoms with Gasteiger partial charge in [0, 0.05) is 17.5 Å². The molecule has 1 aliphatic carbocycles. The molecule has 5 rings (SSSR count). The molecule has 1 saturated carbocycles. The molecule has 1 unspecified atom stereocenters. The minimum atomic E-state index is -0.0352. The third-order valence-corrected chi connectivity index (χ3v) is 5.19. The first-order valence-corrected chi connectivity index (χ1v) is 9.20. The van der Waals surface area contributed by atoms with Crippen LogP contribution in [0.3, 0.4) is 0 Å². The number of nitrogens with one attached hydrogen (secondary N) is 1. The van der Waals surface area contributed by atoms with Crippen molar-refractivity contribution in [2.24, 2.45) is 0 Å². The fraction of sp³-hybridized carbons (Fsp3) is 0.222. The van der Waals surface area contributed by atoms with Crippen molar-refractivity contribution in [3.8, 4) is 0 Å². The molecular weight excluding hydrogens is 332 g/mol. The third-order valence-electron chi connectivity index (χ3n) is 4.35. The van der Waals surface area contributed by atoms with E-state index in [0.29, 0.717) is 5.92 Å². The van der Waals surface area contributed by atoms with Crippen molar-refractivity contribution in [3.63, 3.8) is 0 Å². The highest BCUT2D eigenvalue weighted by atomic mass is 32.1. The predicted molar refractivity (Wildman–Crippen MR) is 96.8 cm³/mol. The second-order valence-corrected chi connectivity index (χ2v) is 7.11. The van der Waals surface area contributed by atoms with Crippen molar-refractivity contribution in [3.05, 3.63) is 70.4 Å². The Bertz CT molecular complexity index is 991. The Kier molecular flexibility index (Phi) is 3.45. The van der Waals surface area contributed by atoms with E-state index < -0.39 is 0 Å². The van der Waals surface area contributed by atoms with Gasteiger partial charge in [0.15, 0.2) is 11.5 Å². The van der Waals surface area contributed by atoms with Crippen molar-refractivity contribution in [1.82, 2.24) is 24.8 Å². The first kappa shape index (κ1) is 14.5. The van der Waals surface area contributed by atoms with Crippen LogP contribution in [0.5, 0.6) is 0 Å². The van der Waals surface area contributed by atoms with E-state index in [2.05, 4.69) is 32.6 Å². The fourth-order valence-corrected chi connectivity index (χ4v) is 3.65. The second-order valence-electron chi connectivity index (χ2n) is 6.18. The largest absolute Gasteiger partial charge is 0.355 e. The summed E-state index contributed by atoms with van der Waals surface area (Å²) < 4.78 is 1.86. The van der Waals surface area contributed by atoms with Crippen LogP contribution < -0.4 is 5.32 Å². The summed E-state index contributed by atoms with van der Waals surface area (Å²) >= 11 is 1.64. The summed E-state index contributed by atoms with van der Waals surface area (Å²) in [6, 6.07) is 14.2. The Balaban J connectivity index is 1.53. The Hall–Kier alpha value is -2.80. The zero-order valence-electron chi connectivity index (χ0n) is 13.4. The van der Waals surface area contributed by atoms with Crippen LogP contribution in [0, 0.1) is 0 Å². The Labute approximate surface area is 148 Å². The fourth-order valence-electron chi connectivity index (χ4n) is 2.94. The lowest BCUT2D eigenvalue weighted by Gasteiger charge is -2.17. The molecule has 4 aromatic rings. The van der Waals surface area contributed by atoms with Gasteiger partial charge in [-0.3, -0.25) is 0 Å². The molecule has 0 aliphatic heterocycles. The van der Waals surface area contributed by atoms with Gasteiger partial charge in [-0.1, -0.05) is 30.3 Å². The maximum absolute atomic E-state index is 4.73. The van der Waals surface area contributed by atoms with Crippen molar-refractivity contribution in [1.29, 1.82) is 0 Å². The highest BCUT2D eigenvalue weighted by Gasteiger charge is 2.29. The predicted octanol–water partition coefficient (Wildman–Crippen LogP) is 3.66. The zero-order chi connectivity index (χ0) is 16.6. The SMILES string of the molecule is c1ccc(C(Nc2ccc3nnc(C4CC4)n3n2)c2nccs2)cc1. The molecule has 3 heterocycles. The first-order valence-electron chi connectivity index (χ1n) is 8.32. The van der Waals surface area contributed by atoms with E-state index in [9.17, 15) is 0 Å². The lowest BCUT2D eigenvalue weighted by molar-refractivity contribution is 0.804. The van der Waals surface area contributed by atoms with Gasteiger partial charge < -0.3 is 5.32 Å². The van der Waals surface area contributed by atoms with E-state index in [1.807, 2.05) is 46.4 Å². The molecule has 6 nitrogen and oxygen atoms in total. The summed E-state index contributed by atoms with van der Waals surface area (Å²) in [6.45, 7) is 0. The van der Waals surface area contributed by atoms with Crippen LogP contribution in [0.15, 0.2) is 54.0 Å². The molecule has 1 aromatic carbocycles. The normalized spacial score (nSPS) is 15.4. The summed E-state index contributed by atoms with van der Waals surface area (Å²) in [5.74, 6) is 2.25. The van der Waals surface area contributed by atoms with E-state index in [-0.39, 0.29) is 6.04 Å². The Morgan fingerprint density at radius 3 is 2.72 bits per heavy atom. The first-order chi connectivity index (χ1) is 12.4. The molecule has 0 spiro atoms. The number of rotatable bonds is 5. The molecule has 1 N–H and O–H groups in total. The molecule has 1 atom stereocenters. The number of hydrogen-bond acceptors (Lipinski definition) is 6. The van der Waals surface area contributed by atoms with E-state index >= 15 is 0 Å². The van der Waals surface area contributed by atoms with Crippen molar-refractivity contribution in [2.45, 2.75) is 24.8 Å². The van der Waals surface area contributed by atoms with E-state index in [1.165, 1.54) is 12.8 Å². The van der Waals surface area contributed by atoms with Crippen LogP contribution in [-0.4, -0.2) is 24.8 Å². The van der Waals surface area contributed by atoms with E-state index in [1.54, 1.807) is 11.3 Å². The van der Waals surface area contributed by atoms with Crippen LogP contribution >= 0.6 is 11.3 Å². The number of anilines is 1. The number of nitrogens with zero attached hydrogens (tertiary/aromatic N) is 5. The van der Waals surface area contributed by atoms with Crippen LogP contribution in [-0.2, 0) is 0 Å². The molecule has 0 saturated heterocycles. The lowest BCUT2D eigenvalue weighted by Crippen LogP contribution is -2.14. The van der Waals surface area contributed by atoms with Crippen LogP contribution in [0.25, 0.3) is 5.65 Å². The molecule has 1 aliphatic rings. The topological polar surface area (TPSA) is 68.0 Å². The van der Waals surface area contributed by atoms with Gasteiger partial charge in [0.25, 0.3) is 0 Å². The average Bonchev–Trinajstić information content (AvgIpc) is 3.19. The standard InChI is InChI=1S/C18H16N6S/c1-2-4-12(5-3-1)16(18-19-10-11-25-18)20-14-8-9-15-21-22-17(13-6-7-13)24(15)23-14/h1-5,8-11,13,16H,6-7H2,(H,20,23). The molecule has 0 radical (unpaired) electrons. The number of aromatic nitrogens is 5. The minimum absolute atomic E-state index is 0.0352. The molecule has 7 heteroatoms. The maximum Gasteiger partial charge on any atom is 0.178 e. The van der Waals surface area contributed by atoms with Crippen LogP contribution in [0.1, 0.15) is 41.2 Å². The third kappa shape index (κ3) is 2.76. The van der Waals surface area contributed by atoms with Crippen molar-refractivity contribution in [2.75, 3.05) is 5.32 Å². The highest BCUT2D eigenvalue weighted by molar-refractivity contribution is 7.09. The minimum Gasteiger partial charge on any atom is -0.355 e. The van der Waals surface area contributed by atoms with Crippen LogP contribution in [0.2, 0.25) is 0 Å². The number of thiazole rings is 1. The average molecular weight is 348 g/mol. The number of fused-ring (bicyclic) bond motifs is 1. The second kappa shape index (κ2) is 5.93. The summed E-state index contributed by atoms with van der Waals surface area (Å²) in [5, 5.41) is 19.8. The number of benzene rings is 1. The summed E-state index contributed by atoms with van der Waals surface area (Å²) in [5.41, 5.74) is 1.95. The zero-order valence-corrected chi connectivity index (χ0v) is 14.2. The molecule has 25 heavy (non-hydrogen) atoms. The Morgan fingerprint density at radius 2 is 1.96 bits per heavy atom. The molecule has 124 valence electrons. The summed E-state index contributed by atoms with van der Waals surface area (Å²) in [4.78, 5) is 4.49. The molecule has 0 amide bonds. The Morgan fingerprint density at radius 1 is 1.08 bits per heavy atom. The lowest BCUT2D eigenvalue weighted by atomic mass is 10.1. The summed E-state index contributed by atoms with van der Waals surface area (Å²) in [7, 11) is 0. The van der Waals surface area contributed by atoms with Gasteiger partial charge in [-0.2, -0.15) is 4.52 Å². The van der Waals surface area contributed by atoms with E-state index in [0.717, 1.165) is 27.9 Å². The molecule has 1 fully saturated rings. The van der Waals surface area contributed by atoms with E-state index in [4.69, 9.17) is 5.10 Å².